The van der Waals surface area contributed by atoms with Crippen LogP contribution < -0.4 is 10.9 Å². The first-order valence-corrected chi connectivity index (χ1v) is 6.32. The molecule has 8 heteroatoms. The topological polar surface area (TPSA) is 113 Å². The molecule has 2 aromatic heterocycles. The molecular formula is C13H15N3O5. The van der Waals surface area contributed by atoms with E-state index in [1.165, 1.54) is 10.6 Å². The van der Waals surface area contributed by atoms with Crippen molar-refractivity contribution in [1.82, 2.24) is 14.7 Å². The number of rotatable bonds is 6. The van der Waals surface area contributed by atoms with Crippen molar-refractivity contribution in [3.05, 3.63) is 40.3 Å². The molecule has 0 aliphatic heterocycles. The summed E-state index contributed by atoms with van der Waals surface area (Å²) in [6.07, 6.45) is 1.46. The maximum absolute atomic E-state index is 12.2. The van der Waals surface area contributed by atoms with Crippen LogP contribution in [-0.2, 0) is 4.74 Å². The lowest BCUT2D eigenvalue weighted by atomic mass is 10.3. The number of nitrogens with zero attached hydrogens (tertiary/aromatic N) is 2. The van der Waals surface area contributed by atoms with E-state index >= 15 is 0 Å². The number of carbonyl (C=O) groups is 1. The number of aromatic hydroxyl groups is 1. The number of aliphatic hydroxyl groups excluding tert-OH is 1. The fraction of sp³-hybridized carbons (Fsp3) is 0.308. The third-order valence-corrected chi connectivity index (χ3v) is 2.71. The molecule has 3 N–H and O–H groups in total. The molecule has 0 aliphatic rings. The van der Waals surface area contributed by atoms with Crippen LogP contribution in [-0.4, -0.2) is 51.9 Å². The molecule has 0 saturated carbocycles. The molecule has 0 bridgehead atoms. The van der Waals surface area contributed by atoms with Gasteiger partial charge in [-0.05, 0) is 12.1 Å². The minimum atomic E-state index is -0.726. The fourth-order valence-corrected chi connectivity index (χ4v) is 1.77. The van der Waals surface area contributed by atoms with Crippen LogP contribution >= 0.6 is 0 Å². The summed E-state index contributed by atoms with van der Waals surface area (Å²) in [5.41, 5.74) is -0.810. The smallest absolute Gasteiger partial charge is 0.274 e. The highest BCUT2D eigenvalue weighted by Gasteiger charge is 2.19. The van der Waals surface area contributed by atoms with E-state index < -0.39 is 22.9 Å². The number of hydrogen-bond donors (Lipinski definition) is 3. The highest BCUT2D eigenvalue weighted by atomic mass is 16.5. The number of aliphatic hydroxyl groups is 1. The van der Waals surface area contributed by atoms with E-state index in [-0.39, 0.29) is 32.0 Å². The van der Waals surface area contributed by atoms with Gasteiger partial charge in [0, 0.05) is 12.7 Å². The van der Waals surface area contributed by atoms with Crippen LogP contribution in [0, 0.1) is 0 Å². The average molecular weight is 293 g/mol. The van der Waals surface area contributed by atoms with Crippen LogP contribution in [0.5, 0.6) is 5.88 Å². The van der Waals surface area contributed by atoms with E-state index in [1.54, 1.807) is 18.2 Å². The molecule has 21 heavy (non-hydrogen) atoms. The maximum Gasteiger partial charge on any atom is 0.274 e. The minimum absolute atomic E-state index is 0.106. The summed E-state index contributed by atoms with van der Waals surface area (Å²) in [4.78, 5) is 27.9. The summed E-state index contributed by atoms with van der Waals surface area (Å²) in [6, 6.07) is 4.84. The molecule has 2 aromatic rings. The number of amides is 1. The van der Waals surface area contributed by atoms with Crippen molar-refractivity contribution in [2.45, 2.75) is 0 Å². The van der Waals surface area contributed by atoms with Gasteiger partial charge in [0.1, 0.15) is 5.65 Å². The van der Waals surface area contributed by atoms with Gasteiger partial charge in [0.25, 0.3) is 11.5 Å². The number of ether oxygens (including phenoxy) is 1. The van der Waals surface area contributed by atoms with Crippen LogP contribution in [0.4, 0.5) is 0 Å². The van der Waals surface area contributed by atoms with E-state index in [1.807, 2.05) is 0 Å². The van der Waals surface area contributed by atoms with Gasteiger partial charge in [0.05, 0.1) is 19.8 Å². The number of pyridine rings is 1. The van der Waals surface area contributed by atoms with E-state index in [2.05, 4.69) is 10.3 Å². The van der Waals surface area contributed by atoms with E-state index in [9.17, 15) is 14.7 Å². The molecule has 0 atom stereocenters. The van der Waals surface area contributed by atoms with Crippen molar-refractivity contribution in [2.24, 2.45) is 0 Å². The van der Waals surface area contributed by atoms with Gasteiger partial charge in [-0.2, -0.15) is 4.98 Å². The van der Waals surface area contributed by atoms with E-state index in [4.69, 9.17) is 9.84 Å². The molecule has 0 aliphatic carbocycles. The monoisotopic (exact) mass is 293 g/mol. The molecule has 0 unspecified atom stereocenters. The normalized spacial score (nSPS) is 10.7. The van der Waals surface area contributed by atoms with Gasteiger partial charge in [-0.25, -0.2) is 0 Å². The zero-order valence-corrected chi connectivity index (χ0v) is 11.2. The Bertz CT molecular complexity index is 698. The maximum atomic E-state index is 12.2. The average Bonchev–Trinajstić information content (AvgIpc) is 2.47. The quantitative estimate of drug-likeness (QED) is 0.597. The molecule has 2 rings (SSSR count). The largest absolute Gasteiger partial charge is 0.493 e. The molecule has 1 amide bonds. The van der Waals surface area contributed by atoms with Gasteiger partial charge in [-0.1, -0.05) is 6.07 Å². The molecule has 0 spiro atoms. The number of nitrogens with one attached hydrogen (secondary N) is 1. The molecule has 0 fully saturated rings. The van der Waals surface area contributed by atoms with Crippen LogP contribution in [0.25, 0.3) is 5.65 Å². The summed E-state index contributed by atoms with van der Waals surface area (Å²) in [5, 5.41) is 20.7. The second-order valence-electron chi connectivity index (χ2n) is 4.14. The van der Waals surface area contributed by atoms with Crippen molar-refractivity contribution in [3.8, 4) is 5.88 Å². The van der Waals surface area contributed by atoms with Crippen molar-refractivity contribution in [1.29, 1.82) is 0 Å². The molecule has 0 radical (unpaired) electrons. The first-order valence-electron chi connectivity index (χ1n) is 6.32. The number of hydrogen-bond acceptors (Lipinski definition) is 6. The Balaban J connectivity index is 2.17. The first kappa shape index (κ1) is 14.9. The molecule has 0 aromatic carbocycles. The predicted octanol–water partition coefficient (Wildman–Crippen LogP) is -0.861. The lowest BCUT2D eigenvalue weighted by Gasteiger charge is -2.08. The predicted molar refractivity (Wildman–Crippen MR) is 73.4 cm³/mol. The van der Waals surface area contributed by atoms with Crippen molar-refractivity contribution in [2.75, 3.05) is 26.4 Å². The van der Waals surface area contributed by atoms with Crippen LogP contribution in [0.1, 0.15) is 10.4 Å². The van der Waals surface area contributed by atoms with Gasteiger partial charge in [0.15, 0.2) is 5.56 Å². The second-order valence-corrected chi connectivity index (χ2v) is 4.14. The minimum Gasteiger partial charge on any atom is -0.493 e. The van der Waals surface area contributed by atoms with Gasteiger partial charge >= 0.3 is 0 Å². The third-order valence-electron chi connectivity index (χ3n) is 2.71. The molecule has 112 valence electrons. The lowest BCUT2D eigenvalue weighted by molar-refractivity contribution is 0.0835. The zero-order valence-electron chi connectivity index (χ0n) is 11.2. The molecular weight excluding hydrogens is 278 g/mol. The lowest BCUT2D eigenvalue weighted by Crippen LogP contribution is -2.33. The van der Waals surface area contributed by atoms with E-state index in [0.29, 0.717) is 0 Å². The summed E-state index contributed by atoms with van der Waals surface area (Å²) >= 11 is 0. The Morgan fingerprint density at radius 1 is 1.38 bits per heavy atom. The summed E-state index contributed by atoms with van der Waals surface area (Å²) in [5.74, 6) is -1.34. The molecule has 0 saturated heterocycles. The van der Waals surface area contributed by atoms with Crippen LogP contribution in [0.2, 0.25) is 0 Å². The van der Waals surface area contributed by atoms with Crippen LogP contribution in [0.3, 0.4) is 0 Å². The molecule has 2 heterocycles. The number of aromatic nitrogens is 2. The Hall–Kier alpha value is -2.45. The van der Waals surface area contributed by atoms with Crippen molar-refractivity contribution < 1.29 is 19.7 Å². The Kier molecular flexibility index (Phi) is 4.85. The second kappa shape index (κ2) is 6.82. The summed E-state index contributed by atoms with van der Waals surface area (Å²) in [6.45, 7) is 0.399. The Labute approximate surface area is 119 Å². The Morgan fingerprint density at radius 3 is 2.95 bits per heavy atom. The Morgan fingerprint density at radius 2 is 2.19 bits per heavy atom. The summed E-state index contributed by atoms with van der Waals surface area (Å²) < 4.78 is 6.15. The highest BCUT2D eigenvalue weighted by molar-refractivity contribution is 5.96. The van der Waals surface area contributed by atoms with Gasteiger partial charge in [0.2, 0.25) is 5.88 Å². The number of fused-ring (bicyclic) bond motifs is 1. The standard InChI is InChI=1S/C13H15N3O5/c17-6-8-21-7-4-14-11(18)10-12(19)15-9-3-1-2-5-16(9)13(10)20/h1-3,5,17,19H,4,6-8H2,(H,14,18). The third kappa shape index (κ3) is 3.36. The van der Waals surface area contributed by atoms with Gasteiger partial charge in [-0.15, -0.1) is 0 Å². The summed E-state index contributed by atoms with van der Waals surface area (Å²) in [7, 11) is 0. The van der Waals surface area contributed by atoms with Gasteiger partial charge < -0.3 is 20.3 Å². The van der Waals surface area contributed by atoms with Gasteiger partial charge in [-0.3, -0.25) is 14.0 Å². The van der Waals surface area contributed by atoms with Crippen molar-refractivity contribution >= 4 is 11.6 Å². The fourth-order valence-electron chi connectivity index (χ4n) is 1.77. The van der Waals surface area contributed by atoms with Crippen LogP contribution in [0.15, 0.2) is 29.2 Å². The van der Waals surface area contributed by atoms with Crippen molar-refractivity contribution in [3.63, 3.8) is 0 Å². The first-order chi connectivity index (χ1) is 10.1. The number of carbonyl (C=O) groups excluding carboxylic acids is 1. The highest BCUT2D eigenvalue weighted by Crippen LogP contribution is 2.10. The molecule has 8 nitrogen and oxygen atoms in total. The SMILES string of the molecule is O=C(NCCOCCO)c1c(O)nc2ccccn2c1=O. The zero-order chi connectivity index (χ0) is 15.2. The van der Waals surface area contributed by atoms with E-state index in [0.717, 1.165) is 0 Å².